The van der Waals surface area contributed by atoms with E-state index in [9.17, 15) is 0 Å². The second-order valence-corrected chi connectivity index (χ2v) is 9.30. The molecule has 0 fully saturated rings. The zero-order valence-corrected chi connectivity index (χ0v) is 14.3. The van der Waals surface area contributed by atoms with Crippen LogP contribution >= 0.6 is 0 Å². The first-order valence-electron chi connectivity index (χ1n) is 7.06. The number of azo groups is 1. The Hall–Kier alpha value is -0.400. The molecule has 18 heavy (non-hydrogen) atoms. The molecule has 0 aliphatic rings. The Bertz CT molecular complexity index is 255. The van der Waals surface area contributed by atoms with Crippen LogP contribution in [0, 0.1) is 10.8 Å². The van der Waals surface area contributed by atoms with Gasteiger partial charge in [0.15, 0.2) is 0 Å². The van der Waals surface area contributed by atoms with Gasteiger partial charge in [-0.15, -0.1) is 0 Å². The molecule has 0 amide bonds. The molecule has 0 radical (unpaired) electrons. The number of rotatable bonds is 4. The molecule has 0 unspecified atom stereocenters. The van der Waals surface area contributed by atoms with Crippen molar-refractivity contribution in [3.05, 3.63) is 0 Å². The summed E-state index contributed by atoms with van der Waals surface area (Å²) in [6.07, 6.45) is 2.10. The van der Waals surface area contributed by atoms with Gasteiger partial charge >= 0.3 is 0 Å². The molecule has 108 valence electrons. The zero-order chi connectivity index (χ0) is 14.8. The van der Waals surface area contributed by atoms with Crippen LogP contribution in [0.25, 0.3) is 0 Å². The predicted molar refractivity (Wildman–Crippen MR) is 81.2 cm³/mol. The second-order valence-electron chi connectivity index (χ2n) is 9.30. The van der Waals surface area contributed by atoms with E-state index in [1.54, 1.807) is 0 Å². The summed E-state index contributed by atoms with van der Waals surface area (Å²) in [5.41, 5.74) is 0.425. The summed E-state index contributed by atoms with van der Waals surface area (Å²) in [6, 6.07) is 0. The van der Waals surface area contributed by atoms with Crippen LogP contribution < -0.4 is 0 Å². The van der Waals surface area contributed by atoms with Gasteiger partial charge in [0, 0.05) is 0 Å². The van der Waals surface area contributed by atoms with E-state index in [4.69, 9.17) is 0 Å². The maximum Gasteiger partial charge on any atom is 0.0765 e. The molecular weight excluding hydrogens is 220 g/mol. The van der Waals surface area contributed by atoms with Crippen LogP contribution in [0.5, 0.6) is 0 Å². The summed E-state index contributed by atoms with van der Waals surface area (Å²) < 4.78 is 0. The molecule has 0 bridgehead atoms. The third-order valence-electron chi connectivity index (χ3n) is 2.52. The van der Waals surface area contributed by atoms with E-state index < -0.39 is 0 Å². The summed E-state index contributed by atoms with van der Waals surface area (Å²) >= 11 is 0. The molecule has 0 spiro atoms. The smallest absolute Gasteiger partial charge is 0.0765 e. The quantitative estimate of drug-likeness (QED) is 0.561. The van der Waals surface area contributed by atoms with Crippen LogP contribution in [0.1, 0.15) is 82.1 Å². The van der Waals surface area contributed by atoms with Gasteiger partial charge in [0.05, 0.1) is 11.1 Å². The van der Waals surface area contributed by atoms with Crippen LogP contribution in [0.2, 0.25) is 0 Å². The molecule has 0 aliphatic heterocycles. The lowest BCUT2D eigenvalue weighted by atomic mass is 9.81. The van der Waals surface area contributed by atoms with E-state index in [0.717, 1.165) is 12.8 Å². The Balaban J connectivity index is 4.71. The van der Waals surface area contributed by atoms with Crippen LogP contribution in [0.4, 0.5) is 0 Å². The monoisotopic (exact) mass is 254 g/mol. The van der Waals surface area contributed by atoms with Crippen molar-refractivity contribution in [1.82, 2.24) is 0 Å². The lowest BCUT2D eigenvalue weighted by Gasteiger charge is -2.31. The average Bonchev–Trinajstić information content (AvgIpc) is 1.91. The lowest BCUT2D eigenvalue weighted by Crippen LogP contribution is -2.28. The van der Waals surface area contributed by atoms with Crippen molar-refractivity contribution >= 4 is 0 Å². The average molecular weight is 254 g/mol. The SMILES string of the molecule is CC(C)(C)CC(C)(C)/N=N/C(C)(C)CC(C)(C)C. The molecule has 0 rings (SSSR count). The summed E-state index contributed by atoms with van der Waals surface area (Å²) in [5.74, 6) is 0. The van der Waals surface area contributed by atoms with Crippen molar-refractivity contribution in [2.75, 3.05) is 0 Å². The maximum absolute atomic E-state index is 4.62. The maximum atomic E-state index is 4.62. The summed E-state index contributed by atoms with van der Waals surface area (Å²) in [4.78, 5) is 0. The van der Waals surface area contributed by atoms with Gasteiger partial charge in [-0.25, -0.2) is 0 Å². The summed E-state index contributed by atoms with van der Waals surface area (Å²) in [7, 11) is 0. The standard InChI is InChI=1S/C16H34N2/c1-13(2,3)11-15(7,8)17-18-16(9,10)12-14(4,5)6/h11-12H2,1-10H3/b18-17+. The van der Waals surface area contributed by atoms with Gasteiger partial charge in [-0.3, -0.25) is 0 Å². The molecule has 0 atom stereocenters. The van der Waals surface area contributed by atoms with E-state index in [2.05, 4.69) is 79.5 Å². The third-order valence-corrected chi connectivity index (χ3v) is 2.52. The van der Waals surface area contributed by atoms with Gasteiger partial charge in [-0.2, -0.15) is 10.2 Å². The van der Waals surface area contributed by atoms with Crippen molar-refractivity contribution in [3.8, 4) is 0 Å². The number of hydrogen-bond donors (Lipinski definition) is 0. The van der Waals surface area contributed by atoms with Crippen LogP contribution in [-0.4, -0.2) is 11.1 Å². The Kier molecular flexibility index (Phi) is 5.19. The van der Waals surface area contributed by atoms with Gasteiger partial charge in [0.1, 0.15) is 0 Å². The van der Waals surface area contributed by atoms with Gasteiger partial charge in [0.25, 0.3) is 0 Å². The molecule has 0 saturated heterocycles. The fraction of sp³-hybridized carbons (Fsp3) is 1.00. The van der Waals surface area contributed by atoms with Crippen molar-refractivity contribution in [2.24, 2.45) is 21.1 Å². The molecule has 0 aromatic heterocycles. The molecular formula is C16H34N2. The normalized spacial score (nSPS) is 15.4. The third kappa shape index (κ3) is 9.61. The molecule has 0 aromatic rings. The zero-order valence-electron chi connectivity index (χ0n) is 14.3. The first kappa shape index (κ1) is 17.6. The van der Waals surface area contributed by atoms with E-state index in [-0.39, 0.29) is 21.9 Å². The Morgan fingerprint density at radius 3 is 0.889 bits per heavy atom. The van der Waals surface area contributed by atoms with Crippen molar-refractivity contribution < 1.29 is 0 Å². The minimum atomic E-state index is -0.0760. The fourth-order valence-corrected chi connectivity index (χ4v) is 2.94. The number of hydrogen-bond acceptors (Lipinski definition) is 2. The predicted octanol–water partition coefficient (Wildman–Crippen LogP) is 5.87. The minimum absolute atomic E-state index is 0.0760. The molecule has 0 aliphatic carbocycles. The van der Waals surface area contributed by atoms with E-state index >= 15 is 0 Å². The Morgan fingerprint density at radius 1 is 0.500 bits per heavy atom. The Morgan fingerprint density at radius 2 is 0.722 bits per heavy atom. The second kappa shape index (κ2) is 5.30. The molecule has 0 N–H and O–H groups in total. The van der Waals surface area contributed by atoms with Crippen LogP contribution in [0.3, 0.4) is 0 Å². The van der Waals surface area contributed by atoms with Crippen molar-refractivity contribution in [3.63, 3.8) is 0 Å². The highest BCUT2D eigenvalue weighted by molar-refractivity contribution is 4.86. The van der Waals surface area contributed by atoms with Crippen LogP contribution in [0.15, 0.2) is 10.2 Å². The highest BCUT2D eigenvalue weighted by atomic mass is 15.2. The largest absolute Gasteiger partial charge is 0.187 e. The van der Waals surface area contributed by atoms with E-state index in [1.807, 2.05) is 0 Å². The number of nitrogens with zero attached hydrogens (tertiary/aromatic N) is 2. The van der Waals surface area contributed by atoms with Crippen molar-refractivity contribution in [2.45, 2.75) is 93.2 Å². The highest BCUT2D eigenvalue weighted by Crippen LogP contribution is 2.33. The molecule has 0 heterocycles. The fourth-order valence-electron chi connectivity index (χ4n) is 2.94. The van der Waals surface area contributed by atoms with Crippen LogP contribution in [-0.2, 0) is 0 Å². The minimum Gasteiger partial charge on any atom is -0.187 e. The van der Waals surface area contributed by atoms with E-state index in [0.29, 0.717) is 0 Å². The van der Waals surface area contributed by atoms with E-state index in [1.165, 1.54) is 0 Å². The van der Waals surface area contributed by atoms with Gasteiger partial charge in [-0.05, 0) is 51.4 Å². The van der Waals surface area contributed by atoms with Crippen molar-refractivity contribution in [1.29, 1.82) is 0 Å². The van der Waals surface area contributed by atoms with Gasteiger partial charge in [0.2, 0.25) is 0 Å². The molecule has 0 aromatic carbocycles. The molecule has 0 saturated carbocycles. The first-order chi connectivity index (χ1) is 7.62. The summed E-state index contributed by atoms with van der Waals surface area (Å²) in [6.45, 7) is 22.2. The topological polar surface area (TPSA) is 24.7 Å². The summed E-state index contributed by atoms with van der Waals surface area (Å²) in [5, 5.41) is 9.24. The van der Waals surface area contributed by atoms with Gasteiger partial charge in [-0.1, -0.05) is 41.5 Å². The molecule has 2 nitrogen and oxygen atoms in total. The molecule has 2 heteroatoms. The first-order valence-corrected chi connectivity index (χ1v) is 7.06. The van der Waals surface area contributed by atoms with Gasteiger partial charge < -0.3 is 0 Å². The highest BCUT2D eigenvalue weighted by Gasteiger charge is 2.28. The Labute approximate surface area is 115 Å². The lowest BCUT2D eigenvalue weighted by molar-refractivity contribution is 0.248.